The number of hydrogen-bond acceptors (Lipinski definition) is 25. The van der Waals surface area contributed by atoms with E-state index in [0.717, 1.165) is 13.8 Å². The number of aliphatic hydroxyl groups excluding tert-OH is 1. The number of nitrogens with two attached hydrogens (primary N) is 5. The van der Waals surface area contributed by atoms with E-state index in [1.807, 2.05) is 0 Å². The highest BCUT2D eigenvalue weighted by molar-refractivity contribution is 6.02. The molecule has 0 unspecified atom stereocenters. The molecule has 49 heteroatoms. The Labute approximate surface area is 820 Å². The van der Waals surface area contributed by atoms with Crippen LogP contribution < -0.4 is 114 Å². The van der Waals surface area contributed by atoms with Crippen molar-refractivity contribution in [2.24, 2.45) is 34.6 Å². The van der Waals surface area contributed by atoms with E-state index in [9.17, 15) is 102 Å². The first kappa shape index (κ1) is 115. The standard InChI is InChI=1S/C94H125N23O26/c1-49(2)78(92(141)117-79(51(4)118)93(142)143)116-86(135)64(32-37-73(98)122)107-80(129)50(3)104-82(131)63(31-36-72(97)121)110-88(137)67(42-53-19-10-6-11-20-53)114-91(140)70(45-56-47-102-59-24-15-14-23-58(56)59)115-85(134)65(34-39-77(127)128)111-89(138)69(44-55-26-28-57(119)29-27-55)113-90(139)68(43-54-21-12-7-13-22-54)112-84(133)62(30-35-71(96)120)105-75(124)48-103-81(130)61(33-38-76(125)126)109-83(132)60(25-16-40-101-94(99)100)108-87(136)66(106-74(123)46-95)41-52-17-8-5-9-18-52/h5-15,17-24,26-29,47,49-51,60-70,78-79,102,118-119H,16,25,30-46,48,95H2,1-4H3,(H2,96,120)(H2,97,121)(H2,98,122)(H,103,130)(H,104,131)(H,105,124)(H,106,123)(H,107,129)(H,108,136)(H,109,132)(H,110,137)(H,111,138)(H,112,133)(H,113,139)(H,114,140)(H,115,134)(H,116,135)(H,117,141)(H,125,126)(H,127,128)(H,142,143)(H4,99,100,101)/t50-,51+,60-,61-,62-,63-,64-,65-,66-,67-,68-,69-,70-,78-,79-/m0/s1. The lowest BCUT2D eigenvalue weighted by atomic mass is 10.00. The van der Waals surface area contributed by atoms with E-state index in [-0.39, 0.29) is 43.5 Å². The number of aromatic hydroxyl groups is 1. The topological polar surface area (TPSA) is 822 Å². The lowest BCUT2D eigenvalue weighted by Crippen LogP contribution is -2.61. The SMILES string of the molecule is CC(C)[C@H](NC(=O)[C@H](CCC(N)=O)NC(=O)[C@H](C)NC(=O)[C@H](CCC(N)=O)NC(=O)[C@H](Cc1ccccc1)NC(=O)[C@H](Cc1c[nH]c2ccccc12)NC(=O)[C@H](CCC(=O)O)NC(=O)[C@H](Cc1ccc(O)cc1)NC(=O)[C@H](Cc1ccccc1)NC(=O)[C@H](CCC(N)=O)NC(=O)CNC(=O)[C@H](CCC(=O)O)NC(=O)[C@H](CCCNC(=N)N)NC(=O)[C@H](Cc1ccccc1)NC(=O)CN)C(=O)N[C@H](C(=O)O)[C@@H](C)O. The summed E-state index contributed by atoms with van der Waals surface area (Å²) >= 11 is 0. The molecule has 1 aromatic heterocycles. The van der Waals surface area contributed by atoms with Gasteiger partial charge in [-0.3, -0.25) is 101 Å². The fraction of sp³-hybridized carbons (Fsp3) is 0.426. The highest BCUT2D eigenvalue weighted by Crippen LogP contribution is 2.22. The number of fused-ring (bicyclic) bond motifs is 1. The Morgan fingerprint density at radius 2 is 0.671 bits per heavy atom. The van der Waals surface area contributed by atoms with Gasteiger partial charge in [-0.1, -0.05) is 135 Å². The molecule has 49 nitrogen and oxygen atoms in total. The number of guanidine groups is 1. The van der Waals surface area contributed by atoms with Crippen LogP contribution in [-0.4, -0.2) is 271 Å². The molecule has 143 heavy (non-hydrogen) atoms. The summed E-state index contributed by atoms with van der Waals surface area (Å²) in [6, 6.07) is 12.2. The van der Waals surface area contributed by atoms with Crippen LogP contribution in [0.3, 0.4) is 0 Å². The average Bonchev–Trinajstić information content (AvgIpc) is 1.68. The molecule has 0 aliphatic heterocycles. The van der Waals surface area contributed by atoms with Gasteiger partial charge in [-0.05, 0) is 111 Å². The van der Waals surface area contributed by atoms with E-state index in [0.29, 0.717) is 33.2 Å². The molecular formula is C94H125N23O26. The van der Waals surface area contributed by atoms with Crippen molar-refractivity contribution < 1.29 is 126 Å². The molecule has 0 bridgehead atoms. The van der Waals surface area contributed by atoms with Crippen LogP contribution >= 0.6 is 0 Å². The number of H-pyrrole nitrogens is 1. The van der Waals surface area contributed by atoms with Crippen molar-refractivity contribution in [3.8, 4) is 5.75 Å². The molecule has 0 saturated carbocycles. The molecule has 15 atom stereocenters. The summed E-state index contributed by atoms with van der Waals surface area (Å²) in [5, 5.41) is 97.3. The molecule has 772 valence electrons. The quantitative estimate of drug-likeness (QED) is 0.00961. The molecule has 5 aromatic carbocycles. The second-order valence-corrected chi connectivity index (χ2v) is 34.1. The van der Waals surface area contributed by atoms with E-state index in [2.05, 4.69) is 90.1 Å². The molecule has 0 spiro atoms. The number of phenols is 1. The number of carboxylic acids is 3. The van der Waals surface area contributed by atoms with Gasteiger partial charge in [0, 0.05) is 87.9 Å². The summed E-state index contributed by atoms with van der Waals surface area (Å²) in [4.78, 5) is 292. The number of carbonyl (C=O) groups is 21. The van der Waals surface area contributed by atoms with Crippen molar-refractivity contribution >= 4 is 141 Å². The number of primary amides is 3. The first-order chi connectivity index (χ1) is 67.8. The number of carboxylic acid groups (broad SMARTS) is 3. The van der Waals surface area contributed by atoms with Crippen molar-refractivity contribution in [2.75, 3.05) is 19.6 Å². The fourth-order valence-corrected chi connectivity index (χ4v) is 14.6. The minimum absolute atomic E-state index is 0.000138. The van der Waals surface area contributed by atoms with Crippen molar-refractivity contribution in [3.63, 3.8) is 0 Å². The maximum atomic E-state index is 15.4. The summed E-state index contributed by atoms with van der Waals surface area (Å²) in [6.07, 6.45) is -8.38. The van der Waals surface area contributed by atoms with Crippen LogP contribution in [-0.2, 0) is 133 Å². The smallest absolute Gasteiger partial charge is 0.328 e. The highest BCUT2D eigenvalue weighted by Gasteiger charge is 2.40. The normalized spacial score (nSPS) is 14.1. The van der Waals surface area contributed by atoms with Crippen LogP contribution in [0.5, 0.6) is 5.75 Å². The Morgan fingerprint density at radius 1 is 0.343 bits per heavy atom. The number of amides is 18. The number of aliphatic carboxylic acids is 3. The number of carbonyl (C=O) groups excluding carboxylic acids is 18. The second kappa shape index (κ2) is 58.4. The number of hydrogen-bond donors (Lipinski definition) is 28. The van der Waals surface area contributed by atoms with Gasteiger partial charge in [-0.2, -0.15) is 0 Å². The van der Waals surface area contributed by atoms with Crippen molar-refractivity contribution in [3.05, 3.63) is 174 Å². The van der Waals surface area contributed by atoms with Crippen molar-refractivity contribution in [2.45, 2.75) is 228 Å². The third kappa shape index (κ3) is 40.8. The minimum Gasteiger partial charge on any atom is -0.508 e. The molecule has 0 fully saturated rings. The van der Waals surface area contributed by atoms with E-state index < -0.39 is 323 Å². The lowest BCUT2D eigenvalue weighted by Gasteiger charge is -2.28. The van der Waals surface area contributed by atoms with Gasteiger partial charge in [0.1, 0.15) is 84.3 Å². The van der Waals surface area contributed by atoms with Crippen molar-refractivity contribution in [1.29, 1.82) is 5.41 Å². The van der Waals surface area contributed by atoms with Gasteiger partial charge in [0.2, 0.25) is 106 Å². The Kier molecular flexibility index (Phi) is 47.1. The van der Waals surface area contributed by atoms with Crippen LogP contribution in [0.4, 0.5) is 0 Å². The average molecular weight is 1990 g/mol. The van der Waals surface area contributed by atoms with Crippen LogP contribution in [0.2, 0.25) is 0 Å². The molecule has 0 aliphatic rings. The maximum absolute atomic E-state index is 15.4. The molecule has 1 heterocycles. The van der Waals surface area contributed by atoms with Gasteiger partial charge in [0.05, 0.1) is 19.2 Å². The molecular weight excluding hydrogens is 1870 g/mol. The summed E-state index contributed by atoms with van der Waals surface area (Å²) in [5.41, 5.74) is 30.0. The van der Waals surface area contributed by atoms with Crippen LogP contribution in [0.25, 0.3) is 10.9 Å². The van der Waals surface area contributed by atoms with Crippen LogP contribution in [0, 0.1) is 11.3 Å². The zero-order valence-corrected chi connectivity index (χ0v) is 78.9. The Morgan fingerprint density at radius 3 is 1.06 bits per heavy atom. The van der Waals surface area contributed by atoms with E-state index in [1.165, 1.54) is 44.3 Å². The number of rotatable bonds is 62. The number of aromatic amines is 1. The molecule has 6 aromatic rings. The number of benzene rings is 5. The Bertz CT molecular complexity index is 5460. The maximum Gasteiger partial charge on any atom is 0.328 e. The van der Waals surface area contributed by atoms with Gasteiger partial charge < -0.3 is 144 Å². The number of aliphatic hydroxyl groups is 1. The summed E-state index contributed by atoms with van der Waals surface area (Å²) < 4.78 is 0. The lowest BCUT2D eigenvalue weighted by molar-refractivity contribution is -0.145. The molecule has 0 radical (unpaired) electrons. The summed E-state index contributed by atoms with van der Waals surface area (Å²) in [5.74, 6) is -25.3. The second-order valence-electron chi connectivity index (χ2n) is 34.1. The zero-order valence-electron chi connectivity index (χ0n) is 78.9. The number of nitrogens with one attached hydrogen (secondary N) is 18. The highest BCUT2D eigenvalue weighted by atomic mass is 16.4. The Hall–Kier alpha value is -16.5. The van der Waals surface area contributed by atoms with Crippen molar-refractivity contribution in [1.82, 2.24) is 90.1 Å². The fourth-order valence-electron chi connectivity index (χ4n) is 14.6. The molecule has 0 saturated heterocycles. The van der Waals surface area contributed by atoms with E-state index >= 15 is 24.0 Å². The van der Waals surface area contributed by atoms with Gasteiger partial charge >= 0.3 is 17.9 Å². The third-order valence-electron chi connectivity index (χ3n) is 22.3. The predicted molar refractivity (Wildman–Crippen MR) is 511 cm³/mol. The van der Waals surface area contributed by atoms with Crippen LogP contribution in [0.1, 0.15) is 133 Å². The van der Waals surface area contributed by atoms with E-state index in [4.69, 9.17) is 34.1 Å². The largest absolute Gasteiger partial charge is 0.508 e. The first-order valence-corrected chi connectivity index (χ1v) is 45.7. The predicted octanol–water partition coefficient (Wildman–Crippen LogP) is -5.82. The Balaban J connectivity index is 1.29. The van der Waals surface area contributed by atoms with Gasteiger partial charge in [0.25, 0.3) is 0 Å². The number of phenolic OH excluding ortho intramolecular Hbond substituents is 1. The van der Waals surface area contributed by atoms with Gasteiger partial charge in [-0.15, -0.1) is 0 Å². The van der Waals surface area contributed by atoms with Crippen LogP contribution in [0.15, 0.2) is 146 Å². The van der Waals surface area contributed by atoms with Gasteiger partial charge in [-0.25, -0.2) is 4.79 Å². The monoisotopic (exact) mass is 1990 g/mol. The third-order valence-corrected chi connectivity index (χ3v) is 22.3. The van der Waals surface area contributed by atoms with E-state index in [1.54, 1.807) is 115 Å². The first-order valence-electron chi connectivity index (χ1n) is 45.7. The molecule has 18 amide bonds. The molecule has 6 rings (SSSR count). The molecule has 0 aliphatic carbocycles. The number of para-hydroxylation sites is 1. The zero-order chi connectivity index (χ0) is 106. The summed E-state index contributed by atoms with van der Waals surface area (Å²) in [7, 11) is 0. The van der Waals surface area contributed by atoms with Gasteiger partial charge in [0.15, 0.2) is 12.0 Å². The summed E-state index contributed by atoms with van der Waals surface area (Å²) in [6.45, 7) is 3.65. The number of aromatic nitrogens is 1. The minimum atomic E-state index is -1.96. The molecule has 33 N–H and O–H groups in total.